The number of amides is 1. The van der Waals surface area contributed by atoms with E-state index in [1.165, 1.54) is 19.8 Å². The molecule has 0 aliphatic rings. The minimum Gasteiger partial charge on any atom is -0.493 e. The van der Waals surface area contributed by atoms with E-state index < -0.39 is 0 Å². The molecule has 6 nitrogen and oxygen atoms in total. The average molecular weight is 373 g/mol. The van der Waals surface area contributed by atoms with Gasteiger partial charge in [0.15, 0.2) is 11.5 Å². The molecule has 146 valence electrons. The second kappa shape index (κ2) is 9.71. The first kappa shape index (κ1) is 20.4. The Morgan fingerprint density at radius 3 is 2.26 bits per heavy atom. The van der Waals surface area contributed by atoms with Crippen LogP contribution in [0.5, 0.6) is 23.0 Å². The number of rotatable bonds is 9. The van der Waals surface area contributed by atoms with E-state index in [9.17, 15) is 4.79 Å². The van der Waals surface area contributed by atoms with Gasteiger partial charge in [0.25, 0.3) is 0 Å². The molecule has 0 fully saturated rings. The Bertz CT molecular complexity index is 788. The molecule has 0 heterocycles. The summed E-state index contributed by atoms with van der Waals surface area (Å²) in [5.74, 6) is 2.24. The van der Waals surface area contributed by atoms with Gasteiger partial charge in [0, 0.05) is 5.56 Å². The van der Waals surface area contributed by atoms with E-state index in [0.29, 0.717) is 30.4 Å². The van der Waals surface area contributed by atoms with Crippen LogP contribution in [0.4, 0.5) is 0 Å². The summed E-state index contributed by atoms with van der Waals surface area (Å²) in [6, 6.07) is 9.57. The summed E-state index contributed by atoms with van der Waals surface area (Å²) in [7, 11) is 4.63. The molecule has 0 unspecified atom stereocenters. The molecule has 1 N–H and O–H groups in total. The molecule has 0 saturated heterocycles. The number of carbonyl (C=O) groups is 1. The van der Waals surface area contributed by atoms with Crippen molar-refractivity contribution in [3.63, 3.8) is 0 Å². The molecule has 0 spiro atoms. The van der Waals surface area contributed by atoms with Crippen LogP contribution in [0.1, 0.15) is 16.7 Å². The van der Waals surface area contributed by atoms with Crippen LogP contribution in [-0.4, -0.2) is 40.4 Å². The monoisotopic (exact) mass is 373 g/mol. The maximum absolute atomic E-state index is 12.3. The van der Waals surface area contributed by atoms with Gasteiger partial charge < -0.3 is 24.3 Å². The molecule has 0 radical (unpaired) electrons. The molecular weight excluding hydrogens is 346 g/mol. The second-order valence-electron chi connectivity index (χ2n) is 6.14. The lowest BCUT2D eigenvalue weighted by atomic mass is 10.1. The molecular formula is C21H27NO5. The van der Waals surface area contributed by atoms with E-state index in [2.05, 4.69) is 11.4 Å². The predicted molar refractivity (Wildman–Crippen MR) is 104 cm³/mol. The van der Waals surface area contributed by atoms with Crippen molar-refractivity contribution in [2.75, 3.05) is 34.5 Å². The Morgan fingerprint density at radius 2 is 1.63 bits per heavy atom. The average Bonchev–Trinajstić information content (AvgIpc) is 2.66. The summed E-state index contributed by atoms with van der Waals surface area (Å²) >= 11 is 0. The number of nitrogens with one attached hydrogen (secondary N) is 1. The quantitative estimate of drug-likeness (QED) is 0.685. The lowest BCUT2D eigenvalue weighted by Gasteiger charge is -2.15. The van der Waals surface area contributed by atoms with Crippen molar-refractivity contribution in [3.05, 3.63) is 47.0 Å². The standard InChI is InChI=1S/C21H27NO5/c1-14-6-8-17(15(2)12-14)27-11-10-22-19(23)13-16-7-9-18(24-3)21(26-5)20(16)25-4/h6-9,12H,10-11,13H2,1-5H3,(H,22,23). The van der Waals surface area contributed by atoms with Gasteiger partial charge in [0.2, 0.25) is 11.7 Å². The van der Waals surface area contributed by atoms with Crippen LogP contribution >= 0.6 is 0 Å². The first-order valence-corrected chi connectivity index (χ1v) is 8.74. The summed E-state index contributed by atoms with van der Waals surface area (Å²) in [4.78, 5) is 12.3. The highest BCUT2D eigenvalue weighted by atomic mass is 16.5. The lowest BCUT2D eigenvalue weighted by molar-refractivity contribution is -0.120. The third kappa shape index (κ3) is 5.29. The molecule has 0 atom stereocenters. The van der Waals surface area contributed by atoms with Crippen LogP contribution in [0.25, 0.3) is 0 Å². The fraction of sp³-hybridized carbons (Fsp3) is 0.381. The topological polar surface area (TPSA) is 66.0 Å². The van der Waals surface area contributed by atoms with Crippen molar-refractivity contribution >= 4 is 5.91 Å². The Labute approximate surface area is 160 Å². The zero-order valence-corrected chi connectivity index (χ0v) is 16.5. The number of benzene rings is 2. The van der Waals surface area contributed by atoms with Gasteiger partial charge in [-0.05, 0) is 31.5 Å². The van der Waals surface area contributed by atoms with E-state index in [1.807, 2.05) is 26.0 Å². The summed E-state index contributed by atoms with van der Waals surface area (Å²) in [5.41, 5.74) is 3.00. The van der Waals surface area contributed by atoms with Crippen LogP contribution in [0.2, 0.25) is 0 Å². The maximum atomic E-state index is 12.3. The number of hydrogen-bond acceptors (Lipinski definition) is 5. The van der Waals surface area contributed by atoms with Crippen LogP contribution < -0.4 is 24.3 Å². The Balaban J connectivity index is 1.90. The zero-order valence-electron chi connectivity index (χ0n) is 16.5. The van der Waals surface area contributed by atoms with Crippen LogP contribution in [-0.2, 0) is 11.2 Å². The maximum Gasteiger partial charge on any atom is 0.224 e. The van der Waals surface area contributed by atoms with Gasteiger partial charge in [-0.25, -0.2) is 0 Å². The van der Waals surface area contributed by atoms with Crippen molar-refractivity contribution in [2.24, 2.45) is 0 Å². The van der Waals surface area contributed by atoms with Gasteiger partial charge in [-0.1, -0.05) is 23.8 Å². The molecule has 6 heteroatoms. The van der Waals surface area contributed by atoms with Gasteiger partial charge in [0.05, 0.1) is 34.3 Å². The highest BCUT2D eigenvalue weighted by Gasteiger charge is 2.17. The number of methoxy groups -OCH3 is 3. The Kier molecular flexibility index (Phi) is 7.34. The van der Waals surface area contributed by atoms with Crippen molar-refractivity contribution in [3.8, 4) is 23.0 Å². The van der Waals surface area contributed by atoms with E-state index >= 15 is 0 Å². The highest BCUT2D eigenvalue weighted by molar-refractivity contribution is 5.80. The normalized spacial score (nSPS) is 10.3. The Morgan fingerprint density at radius 1 is 0.926 bits per heavy atom. The molecule has 0 aromatic heterocycles. The van der Waals surface area contributed by atoms with Crippen molar-refractivity contribution in [2.45, 2.75) is 20.3 Å². The second-order valence-corrected chi connectivity index (χ2v) is 6.14. The summed E-state index contributed by atoms with van der Waals surface area (Å²) in [5, 5.41) is 2.86. The smallest absolute Gasteiger partial charge is 0.224 e. The summed E-state index contributed by atoms with van der Waals surface area (Å²) in [6.45, 7) is 4.87. The number of carbonyl (C=O) groups excluding carboxylic acids is 1. The highest BCUT2D eigenvalue weighted by Crippen LogP contribution is 2.39. The van der Waals surface area contributed by atoms with Crippen molar-refractivity contribution in [1.29, 1.82) is 0 Å². The first-order chi connectivity index (χ1) is 13.0. The third-order valence-electron chi connectivity index (χ3n) is 4.15. The van der Waals surface area contributed by atoms with Crippen LogP contribution in [0.3, 0.4) is 0 Å². The lowest BCUT2D eigenvalue weighted by Crippen LogP contribution is -2.29. The molecule has 0 bridgehead atoms. The Hall–Kier alpha value is -2.89. The van der Waals surface area contributed by atoms with Gasteiger partial charge in [0.1, 0.15) is 12.4 Å². The van der Waals surface area contributed by atoms with Gasteiger partial charge >= 0.3 is 0 Å². The first-order valence-electron chi connectivity index (χ1n) is 8.74. The molecule has 27 heavy (non-hydrogen) atoms. The largest absolute Gasteiger partial charge is 0.493 e. The van der Waals surface area contributed by atoms with Crippen molar-refractivity contribution in [1.82, 2.24) is 5.32 Å². The zero-order chi connectivity index (χ0) is 19.8. The van der Waals surface area contributed by atoms with Gasteiger partial charge in [-0.3, -0.25) is 4.79 Å². The van der Waals surface area contributed by atoms with Crippen LogP contribution in [0.15, 0.2) is 30.3 Å². The van der Waals surface area contributed by atoms with E-state index in [4.69, 9.17) is 18.9 Å². The van der Waals surface area contributed by atoms with Crippen LogP contribution in [0, 0.1) is 13.8 Å². The fourth-order valence-corrected chi connectivity index (χ4v) is 2.85. The minimum atomic E-state index is -0.121. The number of hydrogen-bond donors (Lipinski definition) is 1. The van der Waals surface area contributed by atoms with Gasteiger partial charge in [-0.2, -0.15) is 0 Å². The van der Waals surface area contributed by atoms with E-state index in [-0.39, 0.29) is 12.3 Å². The third-order valence-corrected chi connectivity index (χ3v) is 4.15. The minimum absolute atomic E-state index is 0.121. The summed E-state index contributed by atoms with van der Waals surface area (Å²) in [6.07, 6.45) is 0.174. The molecule has 0 aliphatic heterocycles. The molecule has 0 aliphatic carbocycles. The SMILES string of the molecule is COc1ccc(CC(=O)NCCOc2ccc(C)cc2C)c(OC)c1OC. The van der Waals surface area contributed by atoms with Gasteiger partial charge in [-0.15, -0.1) is 0 Å². The number of aryl methyl sites for hydroxylation is 2. The molecule has 0 saturated carbocycles. The fourth-order valence-electron chi connectivity index (χ4n) is 2.85. The molecule has 2 rings (SSSR count). The predicted octanol–water partition coefficient (Wildman–Crippen LogP) is 3.07. The van der Waals surface area contributed by atoms with E-state index in [1.54, 1.807) is 19.2 Å². The summed E-state index contributed by atoms with van der Waals surface area (Å²) < 4.78 is 21.7. The van der Waals surface area contributed by atoms with E-state index in [0.717, 1.165) is 16.9 Å². The van der Waals surface area contributed by atoms with Crippen molar-refractivity contribution < 1.29 is 23.7 Å². The number of ether oxygens (including phenoxy) is 4. The molecule has 2 aromatic rings. The molecule has 1 amide bonds. The molecule has 2 aromatic carbocycles.